The smallest absolute Gasteiger partial charge is 0.256 e. The fraction of sp³-hybridized carbons (Fsp3) is 0.269. The van der Waals surface area contributed by atoms with Crippen molar-refractivity contribution in [2.24, 2.45) is 5.92 Å². The molecule has 6 rings (SSSR count). The Morgan fingerprint density at radius 2 is 1.95 bits per heavy atom. The Hall–Kier alpha value is -4.99. The highest BCUT2D eigenvalue weighted by Gasteiger charge is 2.48. The molecule has 3 aromatic heterocycles. The highest BCUT2D eigenvalue weighted by atomic mass is 19.1. The van der Waals surface area contributed by atoms with Crippen molar-refractivity contribution in [1.82, 2.24) is 29.6 Å². The zero-order chi connectivity index (χ0) is 27.3. The molecule has 196 valence electrons. The number of halogens is 2. The predicted octanol–water partition coefficient (Wildman–Crippen LogP) is 3.08. The zero-order valence-electron chi connectivity index (χ0n) is 20.4. The first kappa shape index (κ1) is 24.4. The number of nitrogens with zero attached hydrogens (tertiary/aromatic N) is 7. The minimum Gasteiger partial charge on any atom is -0.383 e. The summed E-state index contributed by atoms with van der Waals surface area (Å²) in [6.07, 6.45) is 3.83. The molecule has 13 heteroatoms. The van der Waals surface area contributed by atoms with Gasteiger partial charge in [-0.25, -0.2) is 28.4 Å². The van der Waals surface area contributed by atoms with Gasteiger partial charge in [-0.3, -0.25) is 9.59 Å². The molecule has 3 atom stereocenters. The van der Waals surface area contributed by atoms with Crippen molar-refractivity contribution in [2.75, 3.05) is 17.6 Å². The monoisotopic (exact) mass is 529 g/mol. The number of fused-ring (bicyclic) bond motifs is 3. The lowest BCUT2D eigenvalue weighted by molar-refractivity contribution is -0.132. The summed E-state index contributed by atoms with van der Waals surface area (Å²) in [4.78, 5) is 39.2. The molecule has 2 amide bonds. The number of amides is 2. The Kier molecular flexibility index (Phi) is 5.86. The van der Waals surface area contributed by atoms with E-state index in [0.717, 1.165) is 31.0 Å². The minimum atomic E-state index is -0.733. The van der Waals surface area contributed by atoms with Crippen LogP contribution >= 0.6 is 0 Å². The van der Waals surface area contributed by atoms with Gasteiger partial charge in [0.2, 0.25) is 5.91 Å². The van der Waals surface area contributed by atoms with Crippen LogP contribution in [0.4, 0.5) is 20.4 Å². The van der Waals surface area contributed by atoms with Crippen molar-refractivity contribution in [1.29, 1.82) is 5.26 Å². The molecule has 2 fully saturated rings. The van der Waals surface area contributed by atoms with E-state index in [4.69, 9.17) is 16.1 Å². The first-order valence-electron chi connectivity index (χ1n) is 12.2. The van der Waals surface area contributed by atoms with E-state index in [0.29, 0.717) is 17.6 Å². The van der Waals surface area contributed by atoms with Crippen LogP contribution in [0.15, 0.2) is 42.9 Å². The number of benzene rings is 1. The Morgan fingerprint density at radius 3 is 2.69 bits per heavy atom. The maximum atomic E-state index is 15.5. The van der Waals surface area contributed by atoms with Crippen LogP contribution in [0.5, 0.6) is 0 Å². The summed E-state index contributed by atoms with van der Waals surface area (Å²) >= 11 is 0. The highest BCUT2D eigenvalue weighted by Crippen LogP contribution is 2.46. The van der Waals surface area contributed by atoms with Crippen LogP contribution in [0.1, 0.15) is 35.7 Å². The van der Waals surface area contributed by atoms with Gasteiger partial charge in [0.05, 0.1) is 23.5 Å². The first-order valence-corrected chi connectivity index (χ1v) is 12.2. The van der Waals surface area contributed by atoms with Gasteiger partial charge >= 0.3 is 0 Å². The maximum absolute atomic E-state index is 15.5. The number of pyridine rings is 1. The number of carbonyl (C=O) groups excluding carboxylic acids is 2. The van der Waals surface area contributed by atoms with E-state index in [9.17, 15) is 14.0 Å². The number of hydrogen-bond donors (Lipinski definition) is 2. The van der Waals surface area contributed by atoms with Gasteiger partial charge in [-0.05, 0) is 43.0 Å². The van der Waals surface area contributed by atoms with E-state index in [1.165, 1.54) is 24.7 Å². The van der Waals surface area contributed by atoms with Gasteiger partial charge in [-0.2, -0.15) is 10.4 Å². The average Bonchev–Trinajstić information content (AvgIpc) is 3.62. The minimum absolute atomic E-state index is 0.00461. The van der Waals surface area contributed by atoms with Crippen LogP contribution < -0.4 is 11.1 Å². The van der Waals surface area contributed by atoms with Crippen molar-refractivity contribution in [3.05, 3.63) is 60.1 Å². The summed E-state index contributed by atoms with van der Waals surface area (Å²) in [5.41, 5.74) is 6.88. The average molecular weight is 530 g/mol. The summed E-state index contributed by atoms with van der Waals surface area (Å²) in [7, 11) is 0. The molecule has 1 aromatic carbocycles. The molecule has 3 N–H and O–H groups in total. The first-order chi connectivity index (χ1) is 18.8. The van der Waals surface area contributed by atoms with Crippen molar-refractivity contribution in [3.8, 4) is 17.3 Å². The van der Waals surface area contributed by atoms with Gasteiger partial charge in [-0.15, -0.1) is 0 Å². The summed E-state index contributed by atoms with van der Waals surface area (Å²) in [6, 6.07) is 7.57. The van der Waals surface area contributed by atoms with Gasteiger partial charge in [-0.1, -0.05) is 0 Å². The maximum Gasteiger partial charge on any atom is 0.256 e. The second-order valence-corrected chi connectivity index (χ2v) is 9.61. The fourth-order valence-electron chi connectivity index (χ4n) is 5.63. The van der Waals surface area contributed by atoms with Gasteiger partial charge in [0, 0.05) is 29.9 Å². The van der Waals surface area contributed by atoms with Crippen molar-refractivity contribution >= 4 is 34.5 Å². The van der Waals surface area contributed by atoms with Gasteiger partial charge in [0.1, 0.15) is 41.7 Å². The summed E-state index contributed by atoms with van der Waals surface area (Å²) < 4.78 is 30.6. The Balaban J connectivity index is 1.36. The molecule has 2 aliphatic rings. The second kappa shape index (κ2) is 9.39. The number of piperidine rings is 1. The normalized spacial score (nSPS) is 19.8. The molecule has 39 heavy (non-hydrogen) atoms. The van der Waals surface area contributed by atoms with Crippen LogP contribution in [0.3, 0.4) is 0 Å². The summed E-state index contributed by atoms with van der Waals surface area (Å²) in [5, 5.41) is 16.5. The number of anilines is 2. The third kappa shape index (κ3) is 4.19. The third-order valence-corrected chi connectivity index (χ3v) is 7.28. The number of likely N-dealkylation sites (tertiary alicyclic amines) is 1. The molecular formula is C26H21F2N9O2. The Labute approximate surface area is 220 Å². The molecule has 1 saturated carbocycles. The molecular weight excluding hydrogens is 508 g/mol. The Bertz CT molecular complexity index is 1680. The molecule has 2 bridgehead atoms. The second-order valence-electron chi connectivity index (χ2n) is 9.61. The number of aromatic nitrogens is 5. The predicted molar refractivity (Wildman–Crippen MR) is 135 cm³/mol. The number of nitriles is 1. The highest BCUT2D eigenvalue weighted by molar-refractivity contribution is 6.04. The van der Waals surface area contributed by atoms with E-state index in [1.54, 1.807) is 9.58 Å². The van der Waals surface area contributed by atoms with E-state index in [1.807, 2.05) is 6.07 Å². The van der Waals surface area contributed by atoms with Gasteiger partial charge in [0.25, 0.3) is 5.91 Å². The topological polar surface area (TPSA) is 156 Å². The number of nitrogens with two attached hydrogens (primary N) is 1. The molecule has 0 spiro atoms. The lowest BCUT2D eigenvalue weighted by Gasteiger charge is -2.33. The lowest BCUT2D eigenvalue weighted by Crippen LogP contribution is -2.43. The summed E-state index contributed by atoms with van der Waals surface area (Å²) in [6.45, 7) is 0.591. The van der Waals surface area contributed by atoms with E-state index >= 15 is 4.39 Å². The molecule has 4 aromatic rings. The van der Waals surface area contributed by atoms with Crippen molar-refractivity contribution in [3.63, 3.8) is 0 Å². The molecule has 1 saturated heterocycles. The largest absolute Gasteiger partial charge is 0.383 e. The zero-order valence-corrected chi connectivity index (χ0v) is 20.4. The standard InChI is InChI=1S/C26H21F2N9O2/c27-15-4-6-31-20(10-15)34-26(39)14-1-2-16(17(28)9-14)23-22-24(30)32-12-33-25(22)37(35-23)19-8-13-7-18(19)36(11-13)21(38)3-5-29/h1-2,4,6,9-10,12-13,18-19H,3,7-8,11H2,(H2,30,32,33)(H,31,34,39)/t13-,18-,19?/m1/s1. The van der Waals surface area contributed by atoms with E-state index in [2.05, 4.69) is 20.3 Å². The third-order valence-electron chi connectivity index (χ3n) is 7.28. The van der Waals surface area contributed by atoms with Gasteiger partial charge < -0.3 is 16.0 Å². The number of nitrogen functional groups attached to an aromatic ring is 1. The number of carbonyl (C=O) groups is 2. The summed E-state index contributed by atoms with van der Waals surface area (Å²) in [5.74, 6) is -1.84. The molecule has 1 aliphatic carbocycles. The fourth-order valence-corrected chi connectivity index (χ4v) is 5.63. The molecule has 4 heterocycles. The number of nitrogens with one attached hydrogen (secondary N) is 1. The van der Waals surface area contributed by atoms with Crippen LogP contribution in [-0.2, 0) is 4.79 Å². The van der Waals surface area contributed by atoms with Crippen LogP contribution in [-0.4, -0.2) is 54.0 Å². The van der Waals surface area contributed by atoms with E-state index < -0.39 is 17.5 Å². The van der Waals surface area contributed by atoms with Crippen molar-refractivity contribution in [2.45, 2.75) is 31.3 Å². The van der Waals surface area contributed by atoms with Crippen LogP contribution in [0, 0.1) is 28.9 Å². The SMILES string of the molecule is N#CCC(=O)N1C[C@H]2CC(n3nc(-c4ccc(C(=O)Nc5cc(F)ccn5)cc4F)c4c(N)ncnc43)[C@H]1C2. The molecule has 0 radical (unpaired) electrons. The Morgan fingerprint density at radius 1 is 1.13 bits per heavy atom. The number of hydrogen-bond acceptors (Lipinski definition) is 8. The molecule has 11 nitrogen and oxygen atoms in total. The van der Waals surface area contributed by atoms with E-state index in [-0.39, 0.29) is 58.8 Å². The lowest BCUT2D eigenvalue weighted by atomic mass is 10.0. The number of rotatable bonds is 5. The van der Waals surface area contributed by atoms with Crippen LogP contribution in [0.25, 0.3) is 22.3 Å². The van der Waals surface area contributed by atoms with Crippen LogP contribution in [0.2, 0.25) is 0 Å². The van der Waals surface area contributed by atoms with Gasteiger partial charge in [0.15, 0.2) is 5.65 Å². The molecule has 1 aliphatic heterocycles. The quantitative estimate of drug-likeness (QED) is 0.400. The van der Waals surface area contributed by atoms with Crippen molar-refractivity contribution < 1.29 is 18.4 Å². The molecule has 1 unspecified atom stereocenters.